The molecule has 152 valence electrons. The van der Waals surface area contributed by atoms with Gasteiger partial charge in [-0.05, 0) is 29.7 Å². The van der Waals surface area contributed by atoms with E-state index < -0.39 is 43.0 Å². The first kappa shape index (κ1) is 20.6. The van der Waals surface area contributed by atoms with Crippen molar-refractivity contribution in [1.29, 1.82) is 0 Å². The van der Waals surface area contributed by atoms with Crippen LogP contribution >= 0.6 is 11.3 Å². The van der Waals surface area contributed by atoms with Gasteiger partial charge in [0.05, 0.1) is 17.8 Å². The molecule has 1 aromatic heterocycles. The second kappa shape index (κ2) is 8.48. The number of fused-ring (bicyclic) bond motifs is 1. The van der Waals surface area contributed by atoms with E-state index in [0.29, 0.717) is 4.90 Å². The molecule has 2 heterocycles. The van der Waals surface area contributed by atoms with Gasteiger partial charge in [-0.3, -0.25) is 14.5 Å². The predicted molar refractivity (Wildman–Crippen MR) is 101 cm³/mol. The molecule has 2 amide bonds. The summed E-state index contributed by atoms with van der Waals surface area (Å²) in [5, 5.41) is 4.16. The lowest BCUT2D eigenvalue weighted by atomic mass is 10.1. The second-order valence-electron chi connectivity index (χ2n) is 6.05. The first-order valence-electron chi connectivity index (χ1n) is 8.41. The number of nitrogens with zero attached hydrogens (tertiary/aromatic N) is 1. The highest BCUT2D eigenvalue weighted by molar-refractivity contribution is 7.10. The SMILES string of the molecule is O=C1CC(C(F)(F)F)N(C(=O)COC(=O)/C=C/c2cccs2)c2ccccc2N1. The highest BCUT2D eigenvalue weighted by Gasteiger charge is 2.49. The minimum Gasteiger partial charge on any atom is -0.452 e. The van der Waals surface area contributed by atoms with E-state index in [4.69, 9.17) is 4.74 Å². The topological polar surface area (TPSA) is 75.7 Å². The molecule has 1 N–H and O–H groups in total. The van der Waals surface area contributed by atoms with Crippen LogP contribution in [0, 0.1) is 0 Å². The molecule has 0 aliphatic carbocycles. The number of alkyl halides is 3. The summed E-state index contributed by atoms with van der Waals surface area (Å²) in [6, 6.07) is 6.80. The first-order valence-corrected chi connectivity index (χ1v) is 9.29. The molecule has 0 saturated heterocycles. The van der Waals surface area contributed by atoms with Crippen LogP contribution in [0.2, 0.25) is 0 Å². The number of carbonyl (C=O) groups excluding carboxylic acids is 3. The van der Waals surface area contributed by atoms with Crippen LogP contribution in [0.15, 0.2) is 47.9 Å². The average Bonchev–Trinajstić information content (AvgIpc) is 3.12. The van der Waals surface area contributed by atoms with Gasteiger partial charge in [0.25, 0.3) is 5.91 Å². The Morgan fingerprint density at radius 3 is 2.69 bits per heavy atom. The molecule has 29 heavy (non-hydrogen) atoms. The molecule has 6 nitrogen and oxygen atoms in total. The number of thiophene rings is 1. The van der Waals surface area contributed by atoms with Gasteiger partial charge < -0.3 is 10.1 Å². The Bertz CT molecular complexity index is 941. The van der Waals surface area contributed by atoms with Crippen molar-refractivity contribution in [2.24, 2.45) is 0 Å². The fraction of sp³-hybridized carbons (Fsp3) is 0.211. The van der Waals surface area contributed by atoms with Crippen LogP contribution in [-0.2, 0) is 19.1 Å². The number of amides is 2. The first-order chi connectivity index (χ1) is 13.8. The van der Waals surface area contributed by atoms with E-state index in [1.54, 1.807) is 17.5 Å². The third-order valence-electron chi connectivity index (χ3n) is 4.04. The van der Waals surface area contributed by atoms with Crippen molar-refractivity contribution in [3.05, 3.63) is 52.7 Å². The Morgan fingerprint density at radius 2 is 2.00 bits per heavy atom. The van der Waals surface area contributed by atoms with Gasteiger partial charge in [0.1, 0.15) is 6.04 Å². The summed E-state index contributed by atoms with van der Waals surface area (Å²) in [7, 11) is 0. The number of esters is 1. The normalized spacial score (nSPS) is 16.9. The highest BCUT2D eigenvalue weighted by Crippen LogP contribution is 2.37. The number of para-hydroxylation sites is 2. The molecule has 1 aromatic carbocycles. The molecular formula is C19H15F3N2O4S. The van der Waals surface area contributed by atoms with Crippen molar-refractivity contribution in [2.45, 2.75) is 18.6 Å². The van der Waals surface area contributed by atoms with Crippen molar-refractivity contribution in [3.63, 3.8) is 0 Å². The minimum absolute atomic E-state index is 0.0708. The van der Waals surface area contributed by atoms with Gasteiger partial charge in [0, 0.05) is 11.0 Å². The third kappa shape index (κ3) is 5.02. The molecule has 1 aliphatic heterocycles. The lowest BCUT2D eigenvalue weighted by molar-refractivity contribution is -0.159. The summed E-state index contributed by atoms with van der Waals surface area (Å²) >= 11 is 1.38. The summed E-state index contributed by atoms with van der Waals surface area (Å²) in [6.07, 6.45) is -3.26. The summed E-state index contributed by atoms with van der Waals surface area (Å²) in [5.74, 6) is -2.83. The number of ether oxygens (including phenoxy) is 1. The molecule has 1 unspecified atom stereocenters. The number of anilines is 2. The molecule has 1 aliphatic rings. The number of carbonyl (C=O) groups is 3. The Labute approximate surface area is 167 Å². The van der Waals surface area contributed by atoms with Crippen LogP contribution in [-0.4, -0.2) is 36.6 Å². The van der Waals surface area contributed by atoms with Crippen molar-refractivity contribution in [3.8, 4) is 0 Å². The van der Waals surface area contributed by atoms with Crippen LogP contribution in [0.1, 0.15) is 11.3 Å². The van der Waals surface area contributed by atoms with Crippen LogP contribution in [0.4, 0.5) is 24.5 Å². The molecule has 2 aromatic rings. The van der Waals surface area contributed by atoms with Crippen molar-refractivity contribution in [2.75, 3.05) is 16.8 Å². The summed E-state index contributed by atoms with van der Waals surface area (Å²) < 4.78 is 45.6. The van der Waals surface area contributed by atoms with Gasteiger partial charge in [-0.15, -0.1) is 11.3 Å². The summed E-state index contributed by atoms with van der Waals surface area (Å²) in [6.45, 7) is -0.900. The van der Waals surface area contributed by atoms with Gasteiger partial charge >= 0.3 is 12.1 Å². The number of nitrogens with one attached hydrogen (secondary N) is 1. The summed E-state index contributed by atoms with van der Waals surface area (Å²) in [5.41, 5.74) is -0.0441. The van der Waals surface area contributed by atoms with Crippen LogP contribution < -0.4 is 10.2 Å². The van der Waals surface area contributed by atoms with E-state index >= 15 is 0 Å². The Hall–Kier alpha value is -3.14. The van der Waals surface area contributed by atoms with Crippen LogP contribution in [0.25, 0.3) is 6.08 Å². The van der Waals surface area contributed by atoms with Gasteiger partial charge in [-0.2, -0.15) is 13.2 Å². The number of halogens is 3. The van der Waals surface area contributed by atoms with E-state index in [0.717, 1.165) is 11.0 Å². The largest absolute Gasteiger partial charge is 0.452 e. The molecule has 10 heteroatoms. The van der Waals surface area contributed by atoms with E-state index in [-0.39, 0.29) is 11.4 Å². The van der Waals surface area contributed by atoms with Gasteiger partial charge in [-0.1, -0.05) is 18.2 Å². The second-order valence-corrected chi connectivity index (χ2v) is 7.03. The predicted octanol–water partition coefficient (Wildman–Crippen LogP) is 3.61. The van der Waals surface area contributed by atoms with Gasteiger partial charge in [0.15, 0.2) is 6.61 Å². The van der Waals surface area contributed by atoms with E-state index in [2.05, 4.69) is 5.32 Å². The minimum atomic E-state index is -4.85. The maximum atomic E-state index is 13.6. The Balaban J connectivity index is 1.80. The van der Waals surface area contributed by atoms with Gasteiger partial charge in [0.2, 0.25) is 5.91 Å². The van der Waals surface area contributed by atoms with Crippen molar-refractivity contribution in [1.82, 2.24) is 0 Å². The molecular weight excluding hydrogens is 409 g/mol. The number of hydrogen-bond donors (Lipinski definition) is 1. The summed E-state index contributed by atoms with van der Waals surface area (Å²) in [4.78, 5) is 37.5. The third-order valence-corrected chi connectivity index (χ3v) is 4.88. The zero-order valence-corrected chi connectivity index (χ0v) is 15.6. The monoisotopic (exact) mass is 424 g/mol. The highest BCUT2D eigenvalue weighted by atomic mass is 32.1. The lowest BCUT2D eigenvalue weighted by Gasteiger charge is -2.31. The fourth-order valence-corrected chi connectivity index (χ4v) is 3.40. The Morgan fingerprint density at radius 1 is 1.24 bits per heavy atom. The lowest BCUT2D eigenvalue weighted by Crippen LogP contribution is -2.51. The smallest absolute Gasteiger partial charge is 0.409 e. The number of rotatable bonds is 4. The molecule has 0 spiro atoms. The van der Waals surface area contributed by atoms with Crippen LogP contribution in [0.5, 0.6) is 0 Å². The maximum absolute atomic E-state index is 13.6. The standard InChI is InChI=1S/C19H15F3N2O4S/c20-19(21,22)15-10-16(25)23-13-5-1-2-6-14(13)24(15)17(26)11-28-18(27)8-7-12-4-3-9-29-12/h1-9,15H,10-11H2,(H,23,25)/b8-7+. The van der Waals surface area contributed by atoms with Crippen molar-refractivity contribution >= 4 is 46.6 Å². The molecule has 0 fully saturated rings. The van der Waals surface area contributed by atoms with Gasteiger partial charge in [-0.25, -0.2) is 4.79 Å². The molecule has 3 rings (SSSR count). The molecule has 0 radical (unpaired) electrons. The maximum Gasteiger partial charge on any atom is 0.409 e. The molecule has 0 saturated carbocycles. The zero-order chi connectivity index (χ0) is 21.0. The van der Waals surface area contributed by atoms with E-state index in [1.807, 2.05) is 0 Å². The van der Waals surface area contributed by atoms with E-state index in [1.165, 1.54) is 41.7 Å². The quantitative estimate of drug-likeness (QED) is 0.601. The Kier molecular flexibility index (Phi) is 6.02. The molecule has 1 atom stereocenters. The number of benzene rings is 1. The van der Waals surface area contributed by atoms with Crippen molar-refractivity contribution < 1.29 is 32.3 Å². The number of hydrogen-bond acceptors (Lipinski definition) is 5. The van der Waals surface area contributed by atoms with Crippen LogP contribution in [0.3, 0.4) is 0 Å². The zero-order valence-electron chi connectivity index (χ0n) is 14.8. The molecule has 0 bridgehead atoms. The fourth-order valence-electron chi connectivity index (χ4n) is 2.78. The van der Waals surface area contributed by atoms with E-state index in [9.17, 15) is 27.6 Å². The average molecular weight is 424 g/mol.